The van der Waals surface area contributed by atoms with Crippen molar-refractivity contribution in [3.05, 3.63) is 22.8 Å². The second-order valence-electron chi connectivity index (χ2n) is 9.56. The Balaban J connectivity index is 5.38. The zero-order valence-corrected chi connectivity index (χ0v) is 23.4. The number of rotatable bonds is 16. The number of hydrogen-bond acceptors (Lipinski definition) is 3. The molecule has 0 bridgehead atoms. The van der Waals surface area contributed by atoms with Crippen LogP contribution in [0.15, 0.2) is 22.8 Å². The SMILES string of the molecule is C=CCCOC(=O)[C@@H](NC(=O)/C=[CH]\[Sn]([CH2]CCC)([CH2]CCC)[CH2]CCC)C(C)(C)C. The molecule has 0 saturated heterocycles. The molecule has 0 unspecified atom stereocenters. The van der Waals surface area contributed by atoms with Crippen molar-refractivity contribution < 1.29 is 14.3 Å². The van der Waals surface area contributed by atoms with Crippen molar-refractivity contribution in [3.63, 3.8) is 0 Å². The molecule has 0 aliphatic carbocycles. The van der Waals surface area contributed by atoms with Crippen LogP contribution in [0.5, 0.6) is 0 Å². The van der Waals surface area contributed by atoms with Crippen LogP contribution in [0.25, 0.3) is 0 Å². The van der Waals surface area contributed by atoms with Crippen LogP contribution in [0.4, 0.5) is 0 Å². The molecule has 0 aliphatic heterocycles. The van der Waals surface area contributed by atoms with E-state index < -0.39 is 29.8 Å². The Morgan fingerprint density at radius 2 is 1.50 bits per heavy atom. The molecule has 0 fully saturated rings. The van der Waals surface area contributed by atoms with Crippen molar-refractivity contribution in [2.24, 2.45) is 5.41 Å². The first kappa shape index (κ1) is 29.2. The predicted molar refractivity (Wildman–Crippen MR) is 131 cm³/mol. The van der Waals surface area contributed by atoms with Gasteiger partial charge >= 0.3 is 191 Å². The zero-order chi connectivity index (χ0) is 23.0. The van der Waals surface area contributed by atoms with Crippen molar-refractivity contribution >= 4 is 30.3 Å². The Morgan fingerprint density at radius 3 is 1.90 bits per heavy atom. The van der Waals surface area contributed by atoms with Crippen LogP contribution < -0.4 is 5.32 Å². The molecule has 4 nitrogen and oxygen atoms in total. The monoisotopic (exact) mass is 529 g/mol. The van der Waals surface area contributed by atoms with Gasteiger partial charge in [-0.25, -0.2) is 0 Å². The third-order valence-electron chi connectivity index (χ3n) is 5.63. The van der Waals surface area contributed by atoms with E-state index in [2.05, 4.69) is 36.8 Å². The summed E-state index contributed by atoms with van der Waals surface area (Å²) in [5, 5.41) is 2.93. The number of amides is 1. The van der Waals surface area contributed by atoms with Gasteiger partial charge < -0.3 is 0 Å². The van der Waals surface area contributed by atoms with Crippen LogP contribution in [-0.4, -0.2) is 42.9 Å². The molecule has 0 saturated carbocycles. The number of esters is 1. The maximum atomic E-state index is 12.8. The van der Waals surface area contributed by atoms with Crippen molar-refractivity contribution in [2.45, 2.75) is 106 Å². The summed E-state index contributed by atoms with van der Waals surface area (Å²) in [5.41, 5.74) is -0.415. The van der Waals surface area contributed by atoms with E-state index in [0.717, 1.165) is 0 Å². The van der Waals surface area contributed by atoms with E-state index in [0.29, 0.717) is 13.0 Å². The van der Waals surface area contributed by atoms with Gasteiger partial charge in [0.2, 0.25) is 0 Å². The topological polar surface area (TPSA) is 55.4 Å². The second-order valence-corrected chi connectivity index (χ2v) is 22.6. The van der Waals surface area contributed by atoms with Crippen molar-refractivity contribution in [1.29, 1.82) is 0 Å². The van der Waals surface area contributed by atoms with Gasteiger partial charge in [0, 0.05) is 0 Å². The Kier molecular flexibility index (Phi) is 15.5. The minimum atomic E-state index is -2.52. The zero-order valence-electron chi connectivity index (χ0n) is 20.5. The van der Waals surface area contributed by atoms with Crippen LogP contribution in [0, 0.1) is 5.41 Å². The van der Waals surface area contributed by atoms with Crippen molar-refractivity contribution in [1.82, 2.24) is 5.32 Å². The fraction of sp³-hybridized carbons (Fsp3) is 0.760. The first-order valence-corrected chi connectivity index (χ1v) is 19.6. The summed E-state index contributed by atoms with van der Waals surface area (Å²) in [6, 6.07) is -0.661. The van der Waals surface area contributed by atoms with Crippen molar-refractivity contribution in [3.8, 4) is 0 Å². The summed E-state index contributed by atoms with van der Waals surface area (Å²) >= 11 is -2.52. The third kappa shape index (κ3) is 12.2. The molecule has 0 spiro atoms. The maximum absolute atomic E-state index is 12.8. The third-order valence-corrected chi connectivity index (χ3v) is 19.7. The molecular formula is C25H47NO3Sn. The van der Waals surface area contributed by atoms with Crippen LogP contribution in [0.2, 0.25) is 13.3 Å². The van der Waals surface area contributed by atoms with Gasteiger partial charge in [-0.3, -0.25) is 0 Å². The van der Waals surface area contributed by atoms with E-state index in [1.54, 1.807) is 12.2 Å². The number of nitrogens with one attached hydrogen (secondary N) is 1. The van der Waals surface area contributed by atoms with Crippen LogP contribution in [-0.2, 0) is 14.3 Å². The van der Waals surface area contributed by atoms with Gasteiger partial charge in [0.15, 0.2) is 0 Å². The molecule has 0 aromatic rings. The number of unbranched alkanes of at least 4 members (excludes halogenated alkanes) is 3. The Bertz CT molecular complexity index is 515. The molecule has 5 heteroatoms. The summed E-state index contributed by atoms with van der Waals surface area (Å²) in [7, 11) is 0. The quantitative estimate of drug-likeness (QED) is 0.0810. The molecule has 1 atom stereocenters. The minimum absolute atomic E-state index is 0.166. The van der Waals surface area contributed by atoms with Gasteiger partial charge in [-0.1, -0.05) is 0 Å². The second kappa shape index (κ2) is 15.9. The molecule has 0 rings (SSSR count). The van der Waals surface area contributed by atoms with Gasteiger partial charge in [0.05, 0.1) is 0 Å². The molecule has 1 N–H and O–H groups in total. The van der Waals surface area contributed by atoms with E-state index >= 15 is 0 Å². The van der Waals surface area contributed by atoms with Gasteiger partial charge in [-0.2, -0.15) is 0 Å². The van der Waals surface area contributed by atoms with Crippen molar-refractivity contribution in [2.75, 3.05) is 6.61 Å². The summed E-state index contributed by atoms with van der Waals surface area (Å²) < 4.78 is 11.6. The number of ether oxygens (including phenoxy) is 1. The average molecular weight is 528 g/mol. The molecule has 0 aromatic carbocycles. The molecule has 0 aromatic heterocycles. The summed E-state index contributed by atoms with van der Waals surface area (Å²) in [5.74, 6) is -0.537. The normalized spacial score (nSPS) is 13.3. The van der Waals surface area contributed by atoms with Crippen LogP contribution >= 0.6 is 0 Å². The van der Waals surface area contributed by atoms with E-state index in [1.165, 1.54) is 51.8 Å². The fourth-order valence-electron chi connectivity index (χ4n) is 3.61. The Morgan fingerprint density at radius 1 is 1.00 bits per heavy atom. The number of hydrogen-bond donors (Lipinski definition) is 1. The summed E-state index contributed by atoms with van der Waals surface area (Å²) in [6.45, 7) is 16.5. The molecule has 0 radical (unpaired) electrons. The van der Waals surface area contributed by atoms with Gasteiger partial charge in [0.1, 0.15) is 0 Å². The number of carbonyl (C=O) groups excluding carboxylic acids is 2. The Hall–Kier alpha value is -0.781. The van der Waals surface area contributed by atoms with Crippen LogP contribution in [0.3, 0.4) is 0 Å². The van der Waals surface area contributed by atoms with Gasteiger partial charge in [-0.15, -0.1) is 0 Å². The van der Waals surface area contributed by atoms with E-state index in [-0.39, 0.29) is 11.9 Å². The standard InChI is InChI=1S/C13H20NO3.3C4H9.Sn/c1-6-8-9-17-12(16)11(13(3,4)5)14-10(15)7-2;3*1-3-4-2;/h2,6-7,11H,1,8-9H2,3-5H3,(H,14,15);3*1,3-4H2,2H3;/t11-;;;;/m1..../s1. The first-order chi connectivity index (χ1) is 14.2. The van der Waals surface area contributed by atoms with E-state index in [4.69, 9.17) is 4.74 Å². The molecule has 174 valence electrons. The van der Waals surface area contributed by atoms with Crippen LogP contribution in [0.1, 0.15) is 86.5 Å². The average Bonchev–Trinajstić information content (AvgIpc) is 2.70. The molecule has 30 heavy (non-hydrogen) atoms. The number of carbonyl (C=O) groups is 2. The molecular weight excluding hydrogens is 481 g/mol. The molecule has 0 aliphatic rings. The summed E-state index contributed by atoms with van der Waals surface area (Å²) in [6.07, 6.45) is 11.5. The van der Waals surface area contributed by atoms with E-state index in [9.17, 15) is 9.59 Å². The molecule has 0 heterocycles. The molecule has 1 amide bonds. The fourth-order valence-corrected chi connectivity index (χ4v) is 17.7. The Labute approximate surface area is 190 Å². The first-order valence-electron chi connectivity index (χ1n) is 11.9. The van der Waals surface area contributed by atoms with Gasteiger partial charge in [0.25, 0.3) is 0 Å². The predicted octanol–water partition coefficient (Wildman–Crippen LogP) is 6.58. The van der Waals surface area contributed by atoms with Gasteiger partial charge in [-0.05, 0) is 0 Å². The van der Waals surface area contributed by atoms with E-state index in [1.807, 2.05) is 20.8 Å². The summed E-state index contributed by atoms with van der Waals surface area (Å²) in [4.78, 5) is 25.4.